The van der Waals surface area contributed by atoms with Gasteiger partial charge >= 0.3 is 0 Å². The Kier molecular flexibility index (Phi) is 5.70. The fourth-order valence-electron chi connectivity index (χ4n) is 4.57. The van der Waals surface area contributed by atoms with Crippen LogP contribution in [0.15, 0.2) is 0 Å². The van der Waals surface area contributed by atoms with Crippen LogP contribution in [-0.2, 0) is 4.79 Å². The van der Waals surface area contributed by atoms with E-state index in [0.717, 1.165) is 25.8 Å². The van der Waals surface area contributed by atoms with Crippen molar-refractivity contribution in [1.29, 1.82) is 0 Å². The van der Waals surface area contributed by atoms with Crippen LogP contribution in [0.1, 0.15) is 78.1 Å². The SMILES string of the molecule is CC(C)CC1(C(=O)NCC2(CN)CCCCC2)CCCC1. The Balaban J connectivity index is 1.95. The smallest absolute Gasteiger partial charge is 0.226 e. The van der Waals surface area contributed by atoms with Gasteiger partial charge in [-0.1, -0.05) is 46.0 Å². The maximum atomic E-state index is 12.9. The van der Waals surface area contributed by atoms with Crippen molar-refractivity contribution < 1.29 is 4.79 Å². The molecule has 0 aromatic rings. The highest BCUT2D eigenvalue weighted by Crippen LogP contribution is 2.44. The third kappa shape index (κ3) is 4.00. The minimum atomic E-state index is -0.0847. The normalized spacial score (nSPS) is 24.2. The van der Waals surface area contributed by atoms with Gasteiger partial charge in [-0.2, -0.15) is 0 Å². The van der Waals surface area contributed by atoms with Crippen LogP contribution in [0.3, 0.4) is 0 Å². The van der Waals surface area contributed by atoms with E-state index >= 15 is 0 Å². The Bertz CT molecular complexity index is 339. The Morgan fingerprint density at radius 2 is 1.62 bits per heavy atom. The minimum absolute atomic E-state index is 0.0847. The van der Waals surface area contributed by atoms with Gasteiger partial charge in [0, 0.05) is 12.0 Å². The second-order valence-corrected chi connectivity index (χ2v) is 8.03. The van der Waals surface area contributed by atoms with E-state index < -0.39 is 0 Å². The molecule has 0 saturated heterocycles. The highest BCUT2D eigenvalue weighted by atomic mass is 16.2. The van der Waals surface area contributed by atoms with Crippen molar-refractivity contribution in [3.8, 4) is 0 Å². The van der Waals surface area contributed by atoms with Crippen molar-refractivity contribution >= 4 is 5.91 Å². The van der Waals surface area contributed by atoms with E-state index in [9.17, 15) is 4.79 Å². The predicted molar refractivity (Wildman–Crippen MR) is 87.9 cm³/mol. The monoisotopic (exact) mass is 294 g/mol. The number of nitrogens with two attached hydrogens (primary N) is 1. The van der Waals surface area contributed by atoms with E-state index in [1.54, 1.807) is 0 Å². The topological polar surface area (TPSA) is 55.1 Å². The molecule has 3 nitrogen and oxygen atoms in total. The lowest BCUT2D eigenvalue weighted by Crippen LogP contribution is -2.48. The summed E-state index contributed by atoms with van der Waals surface area (Å²) in [6, 6.07) is 0. The van der Waals surface area contributed by atoms with Gasteiger partial charge in [-0.15, -0.1) is 0 Å². The fraction of sp³-hybridized carbons (Fsp3) is 0.944. The zero-order chi connectivity index (χ0) is 15.3. The highest BCUT2D eigenvalue weighted by molar-refractivity contribution is 5.83. The van der Waals surface area contributed by atoms with Crippen molar-refractivity contribution in [2.24, 2.45) is 22.5 Å². The van der Waals surface area contributed by atoms with Crippen LogP contribution in [0.2, 0.25) is 0 Å². The van der Waals surface area contributed by atoms with Crippen LogP contribution in [0.25, 0.3) is 0 Å². The molecule has 122 valence electrons. The predicted octanol–water partition coefficient (Wildman–Crippen LogP) is 3.62. The quantitative estimate of drug-likeness (QED) is 0.786. The molecular weight excluding hydrogens is 260 g/mol. The molecule has 3 heteroatoms. The fourth-order valence-corrected chi connectivity index (χ4v) is 4.57. The first kappa shape index (κ1) is 16.8. The van der Waals surface area contributed by atoms with Gasteiger partial charge in [0.1, 0.15) is 0 Å². The molecule has 0 aliphatic heterocycles. The van der Waals surface area contributed by atoms with Crippen LogP contribution in [0, 0.1) is 16.7 Å². The second-order valence-electron chi connectivity index (χ2n) is 8.03. The number of hydrogen-bond acceptors (Lipinski definition) is 2. The van der Waals surface area contributed by atoms with E-state index in [0.29, 0.717) is 18.4 Å². The Morgan fingerprint density at radius 3 is 2.14 bits per heavy atom. The summed E-state index contributed by atoms with van der Waals surface area (Å²) in [5.74, 6) is 0.902. The lowest BCUT2D eigenvalue weighted by atomic mass is 9.73. The van der Waals surface area contributed by atoms with E-state index in [-0.39, 0.29) is 10.8 Å². The molecule has 0 aromatic carbocycles. The lowest BCUT2D eigenvalue weighted by Gasteiger charge is -2.38. The average molecular weight is 294 g/mol. The van der Waals surface area contributed by atoms with Crippen molar-refractivity contribution in [2.75, 3.05) is 13.1 Å². The highest BCUT2D eigenvalue weighted by Gasteiger charge is 2.42. The van der Waals surface area contributed by atoms with Crippen LogP contribution in [0.4, 0.5) is 0 Å². The molecule has 0 atom stereocenters. The van der Waals surface area contributed by atoms with Crippen molar-refractivity contribution in [2.45, 2.75) is 78.1 Å². The van der Waals surface area contributed by atoms with Gasteiger partial charge in [0.25, 0.3) is 0 Å². The first-order valence-electron chi connectivity index (χ1n) is 9.00. The number of nitrogens with one attached hydrogen (secondary N) is 1. The van der Waals surface area contributed by atoms with Gasteiger partial charge < -0.3 is 11.1 Å². The number of carbonyl (C=O) groups excluding carboxylic acids is 1. The summed E-state index contributed by atoms with van der Waals surface area (Å²) in [6.07, 6.45) is 11.8. The maximum absolute atomic E-state index is 12.9. The van der Waals surface area contributed by atoms with Crippen LogP contribution >= 0.6 is 0 Å². The van der Waals surface area contributed by atoms with Crippen molar-refractivity contribution in [3.05, 3.63) is 0 Å². The molecule has 21 heavy (non-hydrogen) atoms. The van der Waals surface area contributed by atoms with E-state index in [1.807, 2.05) is 0 Å². The molecule has 0 radical (unpaired) electrons. The molecule has 2 aliphatic carbocycles. The summed E-state index contributed by atoms with van der Waals surface area (Å²) in [4.78, 5) is 12.9. The summed E-state index contributed by atoms with van der Waals surface area (Å²) in [6.45, 7) is 5.97. The largest absolute Gasteiger partial charge is 0.355 e. The Labute approximate surface area is 130 Å². The van der Waals surface area contributed by atoms with Crippen molar-refractivity contribution in [3.63, 3.8) is 0 Å². The number of rotatable bonds is 6. The number of hydrogen-bond donors (Lipinski definition) is 2. The molecule has 2 rings (SSSR count). The molecular formula is C18H34N2O. The first-order chi connectivity index (χ1) is 10.0. The lowest BCUT2D eigenvalue weighted by molar-refractivity contribution is -0.132. The van der Waals surface area contributed by atoms with Crippen LogP contribution in [-0.4, -0.2) is 19.0 Å². The van der Waals surface area contributed by atoms with Crippen LogP contribution < -0.4 is 11.1 Å². The molecule has 2 saturated carbocycles. The zero-order valence-corrected chi connectivity index (χ0v) is 14.0. The van der Waals surface area contributed by atoms with Gasteiger partial charge in [-0.3, -0.25) is 4.79 Å². The van der Waals surface area contributed by atoms with Gasteiger partial charge in [-0.25, -0.2) is 0 Å². The Morgan fingerprint density at radius 1 is 1.05 bits per heavy atom. The van der Waals surface area contributed by atoms with E-state index in [1.165, 1.54) is 44.9 Å². The van der Waals surface area contributed by atoms with Gasteiger partial charge in [0.15, 0.2) is 0 Å². The molecule has 3 N–H and O–H groups in total. The molecule has 1 amide bonds. The summed E-state index contributed by atoms with van der Waals surface area (Å²) in [5.41, 5.74) is 6.13. The first-order valence-corrected chi connectivity index (χ1v) is 9.00. The van der Waals surface area contributed by atoms with E-state index in [2.05, 4.69) is 19.2 Å². The Hall–Kier alpha value is -0.570. The number of amides is 1. The van der Waals surface area contributed by atoms with Crippen LogP contribution in [0.5, 0.6) is 0 Å². The van der Waals surface area contributed by atoms with E-state index in [4.69, 9.17) is 5.73 Å². The van der Waals surface area contributed by atoms with Gasteiger partial charge in [0.2, 0.25) is 5.91 Å². The summed E-state index contributed by atoms with van der Waals surface area (Å²) in [5, 5.41) is 3.31. The summed E-state index contributed by atoms with van der Waals surface area (Å²) >= 11 is 0. The third-order valence-electron chi connectivity index (χ3n) is 5.81. The molecule has 2 fully saturated rings. The summed E-state index contributed by atoms with van der Waals surface area (Å²) < 4.78 is 0. The van der Waals surface area contributed by atoms with Crippen molar-refractivity contribution in [1.82, 2.24) is 5.32 Å². The standard InChI is InChI=1S/C18H34N2O/c1-15(2)12-18(10-6-7-11-18)16(21)20-14-17(13-19)8-4-3-5-9-17/h15H,3-14,19H2,1-2H3,(H,20,21). The molecule has 0 unspecified atom stereocenters. The molecule has 0 spiro atoms. The summed E-state index contributed by atoms with van der Waals surface area (Å²) in [7, 11) is 0. The second kappa shape index (κ2) is 7.13. The molecule has 2 aliphatic rings. The minimum Gasteiger partial charge on any atom is -0.355 e. The van der Waals surface area contributed by atoms with Gasteiger partial charge in [-0.05, 0) is 50.0 Å². The molecule has 0 bridgehead atoms. The average Bonchev–Trinajstić information content (AvgIpc) is 2.94. The molecule has 0 aromatic heterocycles. The maximum Gasteiger partial charge on any atom is 0.226 e. The molecule has 0 heterocycles. The third-order valence-corrected chi connectivity index (χ3v) is 5.81. The number of carbonyl (C=O) groups is 1. The zero-order valence-electron chi connectivity index (χ0n) is 14.0. The van der Waals surface area contributed by atoms with Gasteiger partial charge in [0.05, 0.1) is 0 Å².